The molecule has 2 bridgehead atoms. The van der Waals surface area contributed by atoms with Gasteiger partial charge in [0.05, 0.1) is 6.04 Å². The fourth-order valence-corrected chi connectivity index (χ4v) is 5.83. The van der Waals surface area contributed by atoms with Crippen LogP contribution in [0, 0.1) is 13.8 Å². The van der Waals surface area contributed by atoms with Crippen LogP contribution in [0.25, 0.3) is 0 Å². The lowest BCUT2D eigenvalue weighted by Crippen LogP contribution is -2.53. The summed E-state index contributed by atoms with van der Waals surface area (Å²) in [7, 11) is 3.38. The highest BCUT2D eigenvalue weighted by atomic mass is 16.6. The fourth-order valence-electron chi connectivity index (χ4n) is 5.83. The molecule has 2 aromatic rings. The van der Waals surface area contributed by atoms with Gasteiger partial charge in [0.2, 0.25) is 0 Å². The second kappa shape index (κ2) is 9.56. The Bertz CT molecular complexity index is 977. The Morgan fingerprint density at radius 2 is 1.70 bits per heavy atom. The molecule has 2 heterocycles. The summed E-state index contributed by atoms with van der Waals surface area (Å²) in [5.41, 5.74) is 3.67. The molecule has 33 heavy (non-hydrogen) atoms. The van der Waals surface area contributed by atoms with Crippen LogP contribution in [0.5, 0.6) is 0 Å². The Labute approximate surface area is 196 Å². The summed E-state index contributed by atoms with van der Waals surface area (Å²) >= 11 is 0. The third kappa shape index (κ3) is 4.49. The Morgan fingerprint density at radius 1 is 1.06 bits per heavy atom. The number of hydrogen-bond acceptors (Lipinski definition) is 4. The average Bonchev–Trinajstić information content (AvgIpc) is 3.33. The number of rotatable bonds is 7. The van der Waals surface area contributed by atoms with Gasteiger partial charge in [0.15, 0.2) is 0 Å². The molecule has 176 valence electrons. The summed E-state index contributed by atoms with van der Waals surface area (Å²) in [5.74, 6) is -0.0248. The van der Waals surface area contributed by atoms with E-state index in [-0.39, 0.29) is 23.6 Å². The standard InChI is InChI=1S/C27H35N3O3/c1-19-9-8-10-20(2)23(19)25(31)28-24(21-11-6-5-7-12-21)27-15-13-22(14-16-27)30(27)17-18-33-26(32)29(3)4/h5-12,22,24H,13-18H2,1-4H3,(H,28,31). The second-order valence-electron chi connectivity index (χ2n) is 9.62. The van der Waals surface area contributed by atoms with E-state index in [0.29, 0.717) is 19.2 Å². The molecule has 6 heteroatoms. The molecule has 2 aliphatic rings. The quantitative estimate of drug-likeness (QED) is 0.678. The highest BCUT2D eigenvalue weighted by Crippen LogP contribution is 2.52. The van der Waals surface area contributed by atoms with Crippen LogP contribution in [0.1, 0.15) is 58.8 Å². The zero-order valence-electron chi connectivity index (χ0n) is 20.1. The zero-order valence-corrected chi connectivity index (χ0v) is 20.1. The zero-order chi connectivity index (χ0) is 23.6. The van der Waals surface area contributed by atoms with Crippen molar-refractivity contribution in [3.05, 3.63) is 70.8 Å². The number of ether oxygens (including phenoxy) is 1. The van der Waals surface area contributed by atoms with E-state index in [0.717, 1.165) is 47.9 Å². The molecule has 0 spiro atoms. The highest BCUT2D eigenvalue weighted by Gasteiger charge is 2.56. The number of nitrogens with zero attached hydrogens (tertiary/aromatic N) is 2. The van der Waals surface area contributed by atoms with Crippen LogP contribution in [0.15, 0.2) is 48.5 Å². The molecule has 2 fully saturated rings. The molecule has 2 saturated heterocycles. The fraction of sp³-hybridized carbons (Fsp3) is 0.481. The number of carbonyl (C=O) groups excluding carboxylic acids is 2. The number of hydrogen-bond donors (Lipinski definition) is 1. The third-order valence-corrected chi connectivity index (χ3v) is 7.41. The number of fused-ring (bicyclic) bond motifs is 2. The summed E-state index contributed by atoms with van der Waals surface area (Å²) in [6, 6.07) is 16.6. The molecule has 2 aromatic carbocycles. The van der Waals surface area contributed by atoms with E-state index >= 15 is 0 Å². The second-order valence-corrected chi connectivity index (χ2v) is 9.62. The van der Waals surface area contributed by atoms with Crippen LogP contribution >= 0.6 is 0 Å². The van der Waals surface area contributed by atoms with Crippen LogP contribution in [-0.4, -0.2) is 60.6 Å². The number of benzene rings is 2. The van der Waals surface area contributed by atoms with E-state index in [4.69, 9.17) is 4.74 Å². The van der Waals surface area contributed by atoms with Gasteiger partial charge in [-0.25, -0.2) is 4.79 Å². The van der Waals surface area contributed by atoms with E-state index in [2.05, 4.69) is 22.3 Å². The van der Waals surface area contributed by atoms with Crippen LogP contribution < -0.4 is 5.32 Å². The van der Waals surface area contributed by atoms with Crippen LogP contribution in [0.4, 0.5) is 4.79 Å². The largest absolute Gasteiger partial charge is 0.448 e. The summed E-state index contributed by atoms with van der Waals surface area (Å²) < 4.78 is 5.46. The van der Waals surface area contributed by atoms with Gasteiger partial charge in [0, 0.05) is 37.8 Å². The first-order valence-corrected chi connectivity index (χ1v) is 11.9. The third-order valence-electron chi connectivity index (χ3n) is 7.41. The highest BCUT2D eigenvalue weighted by molar-refractivity contribution is 5.97. The SMILES string of the molecule is Cc1cccc(C)c1C(=O)NC(c1ccccc1)C12CCC(CC1)N2CCOC(=O)N(C)C. The Kier molecular flexibility index (Phi) is 6.75. The molecule has 1 atom stereocenters. The van der Waals surface area contributed by atoms with Crippen molar-refractivity contribution in [1.82, 2.24) is 15.1 Å². The maximum absolute atomic E-state index is 13.6. The number of nitrogens with one attached hydrogen (secondary N) is 1. The minimum Gasteiger partial charge on any atom is -0.448 e. The Morgan fingerprint density at radius 3 is 2.30 bits per heavy atom. The normalized spacial score (nSPS) is 22.7. The predicted octanol–water partition coefficient (Wildman–Crippen LogP) is 4.47. The topological polar surface area (TPSA) is 61.9 Å². The molecule has 0 aliphatic carbocycles. The van der Waals surface area contributed by atoms with Crippen molar-refractivity contribution in [3.63, 3.8) is 0 Å². The molecule has 6 nitrogen and oxygen atoms in total. The van der Waals surface area contributed by atoms with Gasteiger partial charge in [-0.15, -0.1) is 0 Å². The van der Waals surface area contributed by atoms with E-state index in [1.165, 1.54) is 4.90 Å². The van der Waals surface area contributed by atoms with Gasteiger partial charge in [-0.05, 0) is 56.2 Å². The maximum atomic E-state index is 13.6. The van der Waals surface area contributed by atoms with Gasteiger partial charge in [0.1, 0.15) is 6.61 Å². The summed E-state index contributed by atoms with van der Waals surface area (Å²) in [4.78, 5) is 29.5. The Balaban J connectivity index is 1.62. The van der Waals surface area contributed by atoms with Gasteiger partial charge in [0.25, 0.3) is 5.91 Å². The lowest BCUT2D eigenvalue weighted by atomic mass is 9.78. The van der Waals surface area contributed by atoms with E-state index in [9.17, 15) is 9.59 Å². The minimum absolute atomic E-state index is 0.0248. The molecule has 0 radical (unpaired) electrons. The molecule has 0 aromatic heterocycles. The minimum atomic E-state index is -0.321. The molecular formula is C27H35N3O3. The number of amides is 2. The Hall–Kier alpha value is -2.86. The first kappa shape index (κ1) is 23.3. The summed E-state index contributed by atoms with van der Waals surface area (Å²) in [6.07, 6.45) is 3.92. The van der Waals surface area contributed by atoms with Crippen molar-refractivity contribution >= 4 is 12.0 Å². The number of aryl methyl sites for hydroxylation is 2. The average molecular weight is 450 g/mol. The van der Waals surface area contributed by atoms with Crippen molar-refractivity contribution in [2.24, 2.45) is 0 Å². The smallest absolute Gasteiger partial charge is 0.409 e. The molecule has 4 rings (SSSR count). The summed E-state index contributed by atoms with van der Waals surface area (Å²) in [5, 5.41) is 3.44. The van der Waals surface area contributed by atoms with E-state index in [1.54, 1.807) is 14.1 Å². The maximum Gasteiger partial charge on any atom is 0.409 e. The van der Waals surface area contributed by atoms with Gasteiger partial charge in [-0.2, -0.15) is 0 Å². The van der Waals surface area contributed by atoms with Crippen molar-refractivity contribution in [3.8, 4) is 0 Å². The van der Waals surface area contributed by atoms with Gasteiger partial charge in [-0.1, -0.05) is 48.5 Å². The van der Waals surface area contributed by atoms with Crippen molar-refractivity contribution < 1.29 is 14.3 Å². The molecular weight excluding hydrogens is 414 g/mol. The van der Waals surface area contributed by atoms with E-state index in [1.807, 2.05) is 50.2 Å². The molecule has 2 aliphatic heterocycles. The van der Waals surface area contributed by atoms with Gasteiger partial charge < -0.3 is 15.0 Å². The first-order valence-electron chi connectivity index (χ1n) is 11.9. The van der Waals surface area contributed by atoms with Crippen LogP contribution in [-0.2, 0) is 4.74 Å². The van der Waals surface area contributed by atoms with Crippen molar-refractivity contribution in [1.29, 1.82) is 0 Å². The van der Waals surface area contributed by atoms with E-state index < -0.39 is 0 Å². The first-order chi connectivity index (χ1) is 15.8. The van der Waals surface area contributed by atoms with Crippen LogP contribution in [0.3, 0.4) is 0 Å². The lowest BCUT2D eigenvalue weighted by molar-refractivity contribution is 0.0600. The van der Waals surface area contributed by atoms with Crippen molar-refractivity contribution in [2.75, 3.05) is 27.2 Å². The molecule has 1 N–H and O–H groups in total. The lowest BCUT2D eigenvalue weighted by Gasteiger charge is -2.42. The number of carbonyl (C=O) groups is 2. The predicted molar refractivity (Wildman–Crippen MR) is 129 cm³/mol. The summed E-state index contributed by atoms with van der Waals surface area (Å²) in [6.45, 7) is 5.00. The monoisotopic (exact) mass is 449 g/mol. The molecule has 2 amide bonds. The van der Waals surface area contributed by atoms with Crippen molar-refractivity contribution in [2.45, 2.75) is 57.2 Å². The van der Waals surface area contributed by atoms with Gasteiger partial charge >= 0.3 is 6.09 Å². The van der Waals surface area contributed by atoms with Crippen LogP contribution in [0.2, 0.25) is 0 Å². The molecule has 1 unspecified atom stereocenters. The van der Waals surface area contributed by atoms with Gasteiger partial charge in [-0.3, -0.25) is 9.69 Å². The molecule has 0 saturated carbocycles.